The molecule has 0 aliphatic carbocycles. The van der Waals surface area contributed by atoms with Crippen LogP contribution in [0.25, 0.3) is 0 Å². The van der Waals surface area contributed by atoms with Crippen LogP contribution in [-0.4, -0.2) is 31.0 Å². The van der Waals surface area contributed by atoms with Crippen LogP contribution >= 0.6 is 0 Å². The molecule has 1 aromatic rings. The number of rotatable bonds is 8. The van der Waals surface area contributed by atoms with Crippen molar-refractivity contribution in [3.8, 4) is 0 Å². The van der Waals surface area contributed by atoms with E-state index in [0.717, 1.165) is 25.0 Å². The quantitative estimate of drug-likeness (QED) is 0.705. The molecule has 0 bridgehead atoms. The van der Waals surface area contributed by atoms with E-state index in [1.807, 2.05) is 6.92 Å². The van der Waals surface area contributed by atoms with Gasteiger partial charge in [0.1, 0.15) is 17.3 Å². The normalized spacial score (nSPS) is 12.4. The van der Waals surface area contributed by atoms with E-state index < -0.39 is 17.7 Å². The summed E-state index contributed by atoms with van der Waals surface area (Å²) in [5.74, 6) is -1.34. The number of unbranched alkanes of at least 4 members (excludes halogenated alkanes) is 1. The summed E-state index contributed by atoms with van der Waals surface area (Å²) in [4.78, 5) is 0. The molecule has 0 saturated heterocycles. The predicted octanol–water partition coefficient (Wildman–Crippen LogP) is 2.55. The first-order valence-corrected chi connectivity index (χ1v) is 6.08. The van der Waals surface area contributed by atoms with Gasteiger partial charge < -0.3 is 15.2 Å². The highest BCUT2D eigenvalue weighted by Crippen LogP contribution is 2.17. The lowest BCUT2D eigenvalue weighted by Gasteiger charge is -2.14. The van der Waals surface area contributed by atoms with Crippen LogP contribution < -0.4 is 5.32 Å². The van der Waals surface area contributed by atoms with Crippen molar-refractivity contribution < 1.29 is 18.6 Å². The van der Waals surface area contributed by atoms with Gasteiger partial charge in [-0.3, -0.25) is 0 Å². The van der Waals surface area contributed by atoms with Crippen molar-refractivity contribution in [2.45, 2.75) is 25.9 Å². The van der Waals surface area contributed by atoms with Gasteiger partial charge in [0.15, 0.2) is 0 Å². The molecule has 1 atom stereocenters. The molecule has 0 saturated carbocycles. The van der Waals surface area contributed by atoms with Crippen molar-refractivity contribution in [1.29, 1.82) is 0 Å². The summed E-state index contributed by atoms with van der Waals surface area (Å²) in [7, 11) is 0. The molecule has 0 radical (unpaired) electrons. The highest BCUT2D eigenvalue weighted by Gasteiger charge is 2.10. The number of benzene rings is 1. The number of hydrogen-bond donors (Lipinski definition) is 2. The maximum absolute atomic E-state index is 13.2. The monoisotopic (exact) mass is 259 g/mol. The van der Waals surface area contributed by atoms with E-state index in [9.17, 15) is 13.9 Å². The summed E-state index contributed by atoms with van der Waals surface area (Å²) in [5.41, 5.74) is -0.217. The van der Waals surface area contributed by atoms with Gasteiger partial charge in [-0.05, 0) is 18.6 Å². The Morgan fingerprint density at radius 2 is 2.00 bits per heavy atom. The molecule has 2 N–H and O–H groups in total. The molecule has 3 nitrogen and oxygen atoms in total. The Bertz CT molecular complexity index is 341. The zero-order valence-corrected chi connectivity index (χ0v) is 10.5. The molecule has 18 heavy (non-hydrogen) atoms. The number of ether oxygens (including phenoxy) is 1. The summed E-state index contributed by atoms with van der Waals surface area (Å²) in [5, 5.41) is 12.1. The van der Waals surface area contributed by atoms with Crippen molar-refractivity contribution >= 4 is 5.69 Å². The molecular weight excluding hydrogens is 240 g/mol. The van der Waals surface area contributed by atoms with Crippen LogP contribution in [-0.2, 0) is 4.74 Å². The molecule has 0 fully saturated rings. The third-order valence-electron chi connectivity index (χ3n) is 2.43. The molecule has 1 unspecified atom stereocenters. The van der Waals surface area contributed by atoms with Crippen molar-refractivity contribution in [3.05, 3.63) is 29.8 Å². The number of hydrogen-bond acceptors (Lipinski definition) is 3. The summed E-state index contributed by atoms with van der Waals surface area (Å²) in [6, 6.07) is 3.62. The largest absolute Gasteiger partial charge is 0.389 e. The Labute approximate surface area is 106 Å². The smallest absolute Gasteiger partial charge is 0.149 e. The van der Waals surface area contributed by atoms with E-state index in [0.29, 0.717) is 6.61 Å². The third-order valence-corrected chi connectivity index (χ3v) is 2.43. The fourth-order valence-electron chi connectivity index (χ4n) is 1.41. The number of aliphatic hydroxyl groups excluding tert-OH is 1. The van der Waals surface area contributed by atoms with Gasteiger partial charge in [-0.1, -0.05) is 19.4 Å². The van der Waals surface area contributed by atoms with Gasteiger partial charge >= 0.3 is 0 Å². The number of halogens is 2. The summed E-state index contributed by atoms with van der Waals surface area (Å²) >= 11 is 0. The standard InChI is InChI=1S/C13H19F2NO2/c1-2-3-7-18-9-10(17)8-16-13-11(14)5-4-6-12(13)15/h4-6,10,16-17H,2-3,7-9H2,1H3. The number of para-hydroxylation sites is 1. The van der Waals surface area contributed by atoms with Crippen molar-refractivity contribution in [2.24, 2.45) is 0 Å². The van der Waals surface area contributed by atoms with E-state index in [4.69, 9.17) is 4.74 Å². The van der Waals surface area contributed by atoms with E-state index in [1.165, 1.54) is 6.07 Å². The Balaban J connectivity index is 2.31. The molecule has 102 valence electrons. The summed E-state index contributed by atoms with van der Waals surface area (Å²) in [6.07, 6.45) is 1.16. The van der Waals surface area contributed by atoms with Crippen LogP contribution in [0.5, 0.6) is 0 Å². The Morgan fingerprint density at radius 3 is 2.61 bits per heavy atom. The van der Waals surface area contributed by atoms with Gasteiger partial charge in [0.2, 0.25) is 0 Å². The second-order valence-electron chi connectivity index (χ2n) is 4.06. The summed E-state index contributed by atoms with van der Waals surface area (Å²) < 4.78 is 31.7. The van der Waals surface area contributed by atoms with Crippen LogP contribution in [0.15, 0.2) is 18.2 Å². The Hall–Kier alpha value is -1.20. The minimum absolute atomic E-state index is 0.0456. The van der Waals surface area contributed by atoms with Crippen LogP contribution in [0.3, 0.4) is 0 Å². The fraction of sp³-hybridized carbons (Fsp3) is 0.538. The number of nitrogens with one attached hydrogen (secondary N) is 1. The zero-order chi connectivity index (χ0) is 13.4. The predicted molar refractivity (Wildman–Crippen MR) is 66.6 cm³/mol. The van der Waals surface area contributed by atoms with E-state index in [1.54, 1.807) is 0 Å². The fourth-order valence-corrected chi connectivity index (χ4v) is 1.41. The lowest BCUT2D eigenvalue weighted by molar-refractivity contribution is 0.0421. The highest BCUT2D eigenvalue weighted by molar-refractivity contribution is 5.46. The molecule has 0 aromatic heterocycles. The lowest BCUT2D eigenvalue weighted by atomic mass is 10.2. The van der Waals surface area contributed by atoms with Crippen molar-refractivity contribution in [1.82, 2.24) is 0 Å². The van der Waals surface area contributed by atoms with Gasteiger partial charge in [-0.2, -0.15) is 0 Å². The molecule has 0 spiro atoms. The van der Waals surface area contributed by atoms with Crippen molar-refractivity contribution in [2.75, 3.05) is 25.1 Å². The van der Waals surface area contributed by atoms with Crippen LogP contribution in [0.4, 0.5) is 14.5 Å². The average Bonchev–Trinajstić information content (AvgIpc) is 2.34. The molecule has 0 amide bonds. The maximum Gasteiger partial charge on any atom is 0.149 e. The summed E-state index contributed by atoms with van der Waals surface area (Å²) in [6.45, 7) is 2.83. The van der Waals surface area contributed by atoms with E-state index in [2.05, 4.69) is 5.32 Å². The molecule has 1 rings (SSSR count). The minimum atomic E-state index is -0.791. The number of anilines is 1. The van der Waals surface area contributed by atoms with Crippen LogP contribution in [0, 0.1) is 11.6 Å². The second-order valence-corrected chi connectivity index (χ2v) is 4.06. The first-order valence-electron chi connectivity index (χ1n) is 6.08. The highest BCUT2D eigenvalue weighted by atomic mass is 19.1. The van der Waals surface area contributed by atoms with E-state index in [-0.39, 0.29) is 18.8 Å². The third kappa shape index (κ3) is 4.98. The molecular formula is C13H19F2NO2. The average molecular weight is 259 g/mol. The topological polar surface area (TPSA) is 41.5 Å². The Morgan fingerprint density at radius 1 is 1.33 bits per heavy atom. The van der Waals surface area contributed by atoms with Gasteiger partial charge in [0.05, 0.1) is 12.7 Å². The van der Waals surface area contributed by atoms with Crippen molar-refractivity contribution in [3.63, 3.8) is 0 Å². The SMILES string of the molecule is CCCCOCC(O)CNc1c(F)cccc1F. The lowest BCUT2D eigenvalue weighted by Crippen LogP contribution is -2.25. The molecule has 0 heterocycles. The first kappa shape index (κ1) is 14.9. The van der Waals surface area contributed by atoms with Gasteiger partial charge in [-0.25, -0.2) is 8.78 Å². The van der Waals surface area contributed by atoms with Gasteiger partial charge in [-0.15, -0.1) is 0 Å². The zero-order valence-electron chi connectivity index (χ0n) is 10.5. The Kier molecular flexibility index (Phi) is 6.60. The van der Waals surface area contributed by atoms with Crippen LogP contribution in [0.1, 0.15) is 19.8 Å². The van der Waals surface area contributed by atoms with Crippen LogP contribution in [0.2, 0.25) is 0 Å². The second kappa shape index (κ2) is 8.00. The number of aliphatic hydroxyl groups is 1. The van der Waals surface area contributed by atoms with Gasteiger partial charge in [0, 0.05) is 13.2 Å². The molecule has 5 heteroatoms. The minimum Gasteiger partial charge on any atom is -0.389 e. The van der Waals surface area contributed by atoms with Gasteiger partial charge in [0.25, 0.3) is 0 Å². The van der Waals surface area contributed by atoms with E-state index >= 15 is 0 Å². The molecule has 0 aliphatic rings. The maximum atomic E-state index is 13.2. The molecule has 1 aromatic carbocycles. The molecule has 0 aliphatic heterocycles. The first-order chi connectivity index (χ1) is 8.65.